The van der Waals surface area contributed by atoms with E-state index in [1.807, 2.05) is 0 Å². The summed E-state index contributed by atoms with van der Waals surface area (Å²) in [6.07, 6.45) is -0.852. The molecule has 0 radical (unpaired) electrons. The number of hydrogen-bond acceptors (Lipinski definition) is 4. The predicted octanol–water partition coefficient (Wildman–Crippen LogP) is 1.34. The van der Waals surface area contributed by atoms with E-state index in [4.69, 9.17) is 39.1 Å². The van der Waals surface area contributed by atoms with Crippen LogP contribution in [0.4, 0.5) is 11.4 Å². The maximum atomic E-state index is 9.13. The van der Waals surface area contributed by atoms with Gasteiger partial charge in [0, 0.05) is 12.2 Å². The first-order valence-corrected chi connectivity index (χ1v) is 5.07. The molecule has 0 amide bonds. The first-order chi connectivity index (χ1) is 7.04. The zero-order valence-electron chi connectivity index (χ0n) is 7.87. The van der Waals surface area contributed by atoms with Gasteiger partial charge >= 0.3 is 0 Å². The maximum Gasteiger partial charge on any atom is 0.0942 e. The Morgan fingerprint density at radius 2 is 1.87 bits per heavy atom. The van der Waals surface area contributed by atoms with Crippen LogP contribution in [-0.2, 0) is 0 Å². The molecule has 1 rings (SSSR count). The van der Waals surface area contributed by atoms with Gasteiger partial charge in [0.15, 0.2) is 0 Å². The van der Waals surface area contributed by atoms with Crippen LogP contribution in [0, 0.1) is 0 Å². The van der Waals surface area contributed by atoms with E-state index in [9.17, 15) is 0 Å². The van der Waals surface area contributed by atoms with Gasteiger partial charge in [-0.05, 0) is 12.1 Å². The highest BCUT2D eigenvalue weighted by molar-refractivity contribution is 6.39. The Morgan fingerprint density at radius 1 is 1.33 bits per heavy atom. The molecule has 0 fully saturated rings. The Morgan fingerprint density at radius 3 is 2.33 bits per heavy atom. The lowest BCUT2D eigenvalue weighted by Gasteiger charge is -2.13. The first-order valence-electron chi connectivity index (χ1n) is 4.32. The summed E-state index contributed by atoms with van der Waals surface area (Å²) in [6, 6.07) is 3.11. The van der Waals surface area contributed by atoms with E-state index in [1.165, 1.54) is 0 Å². The summed E-state index contributed by atoms with van der Waals surface area (Å²) in [5, 5.41) is 21.3. The molecule has 15 heavy (non-hydrogen) atoms. The van der Waals surface area contributed by atoms with Gasteiger partial charge in [-0.3, -0.25) is 0 Å². The normalized spacial score (nSPS) is 12.5. The lowest BCUT2D eigenvalue weighted by Crippen LogP contribution is -2.23. The van der Waals surface area contributed by atoms with Crippen molar-refractivity contribution < 1.29 is 10.2 Å². The number of anilines is 2. The third-order valence-corrected chi connectivity index (χ3v) is 2.39. The fourth-order valence-corrected chi connectivity index (χ4v) is 1.68. The second kappa shape index (κ2) is 5.42. The highest BCUT2D eigenvalue weighted by Gasteiger charge is 2.08. The second-order valence-corrected chi connectivity index (χ2v) is 3.89. The second-order valence-electron chi connectivity index (χ2n) is 3.08. The van der Waals surface area contributed by atoms with Gasteiger partial charge in [-0.15, -0.1) is 0 Å². The van der Waals surface area contributed by atoms with Crippen LogP contribution in [0.3, 0.4) is 0 Å². The van der Waals surface area contributed by atoms with Crippen molar-refractivity contribution in [3.05, 3.63) is 22.2 Å². The zero-order valence-corrected chi connectivity index (χ0v) is 9.39. The molecular weight excluding hydrogens is 239 g/mol. The van der Waals surface area contributed by atoms with Gasteiger partial charge in [-0.1, -0.05) is 23.2 Å². The van der Waals surface area contributed by atoms with Crippen LogP contribution < -0.4 is 11.1 Å². The number of benzene rings is 1. The van der Waals surface area contributed by atoms with Gasteiger partial charge in [0.1, 0.15) is 0 Å². The topological polar surface area (TPSA) is 78.5 Å². The molecule has 0 bridgehead atoms. The van der Waals surface area contributed by atoms with E-state index in [2.05, 4.69) is 5.32 Å². The molecule has 1 aromatic rings. The van der Waals surface area contributed by atoms with Gasteiger partial charge in [0.25, 0.3) is 0 Å². The van der Waals surface area contributed by atoms with Crippen LogP contribution in [0.25, 0.3) is 0 Å². The van der Waals surface area contributed by atoms with Crippen LogP contribution in [0.15, 0.2) is 12.1 Å². The summed E-state index contributed by atoms with van der Waals surface area (Å²) in [4.78, 5) is 0. The zero-order chi connectivity index (χ0) is 11.4. The van der Waals surface area contributed by atoms with Gasteiger partial charge in [-0.2, -0.15) is 0 Å². The average molecular weight is 251 g/mol. The van der Waals surface area contributed by atoms with Crippen molar-refractivity contribution in [3.63, 3.8) is 0 Å². The third-order valence-electron chi connectivity index (χ3n) is 1.79. The number of aliphatic hydroxyl groups excluding tert-OH is 2. The molecule has 1 unspecified atom stereocenters. The molecule has 0 aliphatic rings. The molecule has 0 aromatic heterocycles. The molecular formula is C9H12Cl2N2O2. The van der Waals surface area contributed by atoms with Crippen LogP contribution in [0.5, 0.6) is 0 Å². The minimum Gasteiger partial charge on any atom is -0.399 e. The lowest BCUT2D eigenvalue weighted by molar-refractivity contribution is 0.105. The minimum absolute atomic E-state index is 0.167. The number of aliphatic hydroxyl groups is 2. The van der Waals surface area contributed by atoms with Crippen molar-refractivity contribution >= 4 is 34.6 Å². The van der Waals surface area contributed by atoms with E-state index < -0.39 is 6.10 Å². The van der Waals surface area contributed by atoms with E-state index in [0.717, 1.165) is 0 Å². The molecule has 1 aromatic carbocycles. The highest BCUT2D eigenvalue weighted by atomic mass is 35.5. The Kier molecular flexibility index (Phi) is 4.47. The first kappa shape index (κ1) is 12.4. The van der Waals surface area contributed by atoms with Crippen LogP contribution in [0.2, 0.25) is 10.0 Å². The van der Waals surface area contributed by atoms with Crippen molar-refractivity contribution in [2.24, 2.45) is 0 Å². The molecule has 4 nitrogen and oxygen atoms in total. The smallest absolute Gasteiger partial charge is 0.0942 e. The molecule has 0 aliphatic heterocycles. The Balaban J connectivity index is 2.77. The standard InChI is InChI=1S/C9H12Cl2N2O2/c10-7-1-5(12)2-8(11)9(7)13-3-6(15)4-14/h1-2,6,13-15H,3-4,12H2. The Hall–Kier alpha value is -0.680. The molecule has 1 atom stereocenters. The van der Waals surface area contributed by atoms with E-state index >= 15 is 0 Å². The molecule has 0 saturated carbocycles. The Bertz CT molecular complexity index is 324. The molecule has 0 heterocycles. The summed E-state index contributed by atoms with van der Waals surface area (Å²) in [7, 11) is 0. The molecule has 6 heteroatoms. The van der Waals surface area contributed by atoms with Crippen molar-refractivity contribution in [1.29, 1.82) is 0 Å². The monoisotopic (exact) mass is 250 g/mol. The van der Waals surface area contributed by atoms with Crippen molar-refractivity contribution in [2.75, 3.05) is 24.2 Å². The average Bonchev–Trinajstić information content (AvgIpc) is 2.15. The van der Waals surface area contributed by atoms with Crippen LogP contribution in [-0.4, -0.2) is 29.5 Å². The van der Waals surface area contributed by atoms with Gasteiger partial charge in [-0.25, -0.2) is 0 Å². The third kappa shape index (κ3) is 3.43. The van der Waals surface area contributed by atoms with Crippen LogP contribution in [0.1, 0.15) is 0 Å². The van der Waals surface area contributed by atoms with Crippen molar-refractivity contribution in [1.82, 2.24) is 0 Å². The number of hydrogen-bond donors (Lipinski definition) is 4. The van der Waals surface area contributed by atoms with Gasteiger partial charge in [0.2, 0.25) is 0 Å². The lowest BCUT2D eigenvalue weighted by atomic mass is 10.2. The molecule has 0 saturated heterocycles. The minimum atomic E-state index is -0.852. The fraction of sp³-hybridized carbons (Fsp3) is 0.333. The molecule has 0 aliphatic carbocycles. The molecule has 5 N–H and O–H groups in total. The summed E-state index contributed by atoms with van der Waals surface area (Å²) in [6.45, 7) is -0.156. The summed E-state index contributed by atoms with van der Waals surface area (Å²) in [5.74, 6) is 0. The number of nitrogens with two attached hydrogens (primary N) is 1. The van der Waals surface area contributed by atoms with Crippen LogP contribution >= 0.6 is 23.2 Å². The fourth-order valence-electron chi connectivity index (χ4n) is 1.05. The summed E-state index contributed by atoms with van der Waals surface area (Å²) >= 11 is 11.8. The van der Waals surface area contributed by atoms with Gasteiger partial charge in [0.05, 0.1) is 28.4 Å². The SMILES string of the molecule is Nc1cc(Cl)c(NCC(O)CO)c(Cl)c1. The maximum absolute atomic E-state index is 9.13. The summed E-state index contributed by atoms with van der Waals surface area (Å²) < 4.78 is 0. The number of nitrogen functional groups attached to an aromatic ring is 1. The molecule has 0 spiro atoms. The van der Waals surface area contributed by atoms with E-state index in [1.54, 1.807) is 12.1 Å². The van der Waals surface area contributed by atoms with Crippen molar-refractivity contribution in [2.45, 2.75) is 6.10 Å². The number of rotatable bonds is 4. The predicted molar refractivity (Wildman–Crippen MR) is 62.5 cm³/mol. The highest BCUT2D eigenvalue weighted by Crippen LogP contribution is 2.32. The summed E-state index contributed by atoms with van der Waals surface area (Å²) in [5.41, 5.74) is 6.50. The quantitative estimate of drug-likeness (QED) is 0.609. The van der Waals surface area contributed by atoms with Gasteiger partial charge < -0.3 is 21.3 Å². The largest absolute Gasteiger partial charge is 0.399 e. The molecule has 84 valence electrons. The van der Waals surface area contributed by atoms with E-state index in [-0.39, 0.29) is 13.2 Å². The van der Waals surface area contributed by atoms with E-state index in [0.29, 0.717) is 21.4 Å². The number of nitrogens with one attached hydrogen (secondary N) is 1. The van der Waals surface area contributed by atoms with Crippen molar-refractivity contribution in [3.8, 4) is 0 Å². The Labute approximate surface area is 97.6 Å². The number of halogens is 2.